The lowest BCUT2D eigenvalue weighted by Gasteiger charge is -2.26. The number of nitrogens with zero attached hydrogens (tertiary/aromatic N) is 1. The van der Waals surface area contributed by atoms with Crippen LogP contribution in [-0.4, -0.2) is 38.3 Å². The summed E-state index contributed by atoms with van der Waals surface area (Å²) in [6, 6.07) is 0. The standard InChI is InChI=1S/C12H21NO/c1-3-4-5-8-13(2)10-12-7-6-9-14-11-12/h1,12H,4-11H2,2H3. The fraction of sp³-hybridized carbons (Fsp3) is 0.833. The highest BCUT2D eigenvalue weighted by atomic mass is 16.5. The van der Waals surface area contributed by atoms with Crippen LogP contribution in [0.1, 0.15) is 25.7 Å². The summed E-state index contributed by atoms with van der Waals surface area (Å²) in [7, 11) is 2.17. The maximum absolute atomic E-state index is 5.45. The van der Waals surface area contributed by atoms with Crippen molar-refractivity contribution >= 4 is 0 Å². The van der Waals surface area contributed by atoms with Crippen LogP contribution < -0.4 is 0 Å². The van der Waals surface area contributed by atoms with E-state index < -0.39 is 0 Å². The molecule has 14 heavy (non-hydrogen) atoms. The van der Waals surface area contributed by atoms with Gasteiger partial charge in [0.05, 0.1) is 6.61 Å². The molecule has 1 rings (SSSR count). The molecule has 1 heterocycles. The molecule has 80 valence electrons. The van der Waals surface area contributed by atoms with E-state index in [1.807, 2.05) is 0 Å². The zero-order chi connectivity index (χ0) is 10.2. The lowest BCUT2D eigenvalue weighted by Crippen LogP contribution is -2.31. The van der Waals surface area contributed by atoms with Crippen LogP contribution in [0.15, 0.2) is 0 Å². The van der Waals surface area contributed by atoms with Gasteiger partial charge in [0.25, 0.3) is 0 Å². The number of terminal acetylenes is 1. The molecular weight excluding hydrogens is 174 g/mol. The molecule has 1 atom stereocenters. The van der Waals surface area contributed by atoms with E-state index in [-0.39, 0.29) is 0 Å². The van der Waals surface area contributed by atoms with E-state index in [2.05, 4.69) is 17.9 Å². The van der Waals surface area contributed by atoms with Crippen LogP contribution in [0.4, 0.5) is 0 Å². The van der Waals surface area contributed by atoms with Crippen LogP contribution in [-0.2, 0) is 4.74 Å². The van der Waals surface area contributed by atoms with Crippen molar-refractivity contribution in [3.8, 4) is 12.3 Å². The third-order valence-corrected chi connectivity index (χ3v) is 2.69. The largest absolute Gasteiger partial charge is 0.381 e. The minimum Gasteiger partial charge on any atom is -0.381 e. The summed E-state index contributed by atoms with van der Waals surface area (Å²) in [4.78, 5) is 2.37. The first-order valence-corrected chi connectivity index (χ1v) is 5.52. The smallest absolute Gasteiger partial charge is 0.0506 e. The third kappa shape index (κ3) is 4.64. The molecule has 0 aromatic carbocycles. The predicted molar refractivity (Wildman–Crippen MR) is 59.1 cm³/mol. The lowest BCUT2D eigenvalue weighted by atomic mass is 10.0. The average Bonchev–Trinajstić information content (AvgIpc) is 2.20. The van der Waals surface area contributed by atoms with E-state index in [4.69, 9.17) is 11.2 Å². The zero-order valence-electron chi connectivity index (χ0n) is 9.17. The second kappa shape index (κ2) is 6.86. The van der Waals surface area contributed by atoms with Crippen LogP contribution >= 0.6 is 0 Å². The Balaban J connectivity index is 2.06. The van der Waals surface area contributed by atoms with E-state index in [0.29, 0.717) is 0 Å². The van der Waals surface area contributed by atoms with Crippen molar-refractivity contribution in [2.45, 2.75) is 25.7 Å². The van der Waals surface area contributed by atoms with Crippen LogP contribution in [0.5, 0.6) is 0 Å². The van der Waals surface area contributed by atoms with Gasteiger partial charge in [0.2, 0.25) is 0 Å². The molecule has 0 radical (unpaired) electrons. The molecule has 1 fully saturated rings. The second-order valence-electron chi connectivity index (χ2n) is 4.15. The van der Waals surface area contributed by atoms with Gasteiger partial charge in [-0.2, -0.15) is 0 Å². The van der Waals surface area contributed by atoms with Crippen molar-refractivity contribution in [3.63, 3.8) is 0 Å². The van der Waals surface area contributed by atoms with Crippen molar-refractivity contribution in [2.75, 3.05) is 33.4 Å². The van der Waals surface area contributed by atoms with Crippen molar-refractivity contribution in [2.24, 2.45) is 5.92 Å². The van der Waals surface area contributed by atoms with Crippen LogP contribution in [0.3, 0.4) is 0 Å². The van der Waals surface area contributed by atoms with Crippen molar-refractivity contribution in [1.29, 1.82) is 0 Å². The van der Waals surface area contributed by atoms with Crippen molar-refractivity contribution in [3.05, 3.63) is 0 Å². The predicted octanol–water partition coefficient (Wildman–Crippen LogP) is 1.76. The Hall–Kier alpha value is -0.520. The summed E-state index contributed by atoms with van der Waals surface area (Å²) in [6.07, 6.45) is 9.76. The Morgan fingerprint density at radius 2 is 2.43 bits per heavy atom. The maximum Gasteiger partial charge on any atom is 0.0506 e. The Labute approximate surface area is 87.6 Å². The Bertz CT molecular complexity index is 179. The Morgan fingerprint density at radius 3 is 3.07 bits per heavy atom. The van der Waals surface area contributed by atoms with E-state index in [0.717, 1.165) is 45.1 Å². The fourth-order valence-electron chi connectivity index (χ4n) is 1.93. The van der Waals surface area contributed by atoms with Gasteiger partial charge in [0.1, 0.15) is 0 Å². The van der Waals surface area contributed by atoms with Gasteiger partial charge in [0, 0.05) is 19.6 Å². The van der Waals surface area contributed by atoms with E-state index in [9.17, 15) is 0 Å². The average molecular weight is 195 g/mol. The number of unbranched alkanes of at least 4 members (excludes halogenated alkanes) is 1. The van der Waals surface area contributed by atoms with Gasteiger partial charge >= 0.3 is 0 Å². The molecule has 1 unspecified atom stereocenters. The minimum absolute atomic E-state index is 0.736. The summed E-state index contributed by atoms with van der Waals surface area (Å²) >= 11 is 0. The lowest BCUT2D eigenvalue weighted by molar-refractivity contribution is 0.0420. The SMILES string of the molecule is C#CCCCN(C)CC1CCCOC1. The molecule has 2 heteroatoms. The first-order valence-electron chi connectivity index (χ1n) is 5.52. The van der Waals surface area contributed by atoms with Gasteiger partial charge in [-0.3, -0.25) is 0 Å². The molecule has 0 amide bonds. The number of hydrogen-bond donors (Lipinski definition) is 0. The second-order valence-corrected chi connectivity index (χ2v) is 4.15. The Kier molecular flexibility index (Phi) is 5.66. The van der Waals surface area contributed by atoms with E-state index in [1.54, 1.807) is 0 Å². The molecule has 0 N–H and O–H groups in total. The van der Waals surface area contributed by atoms with Gasteiger partial charge in [-0.15, -0.1) is 12.3 Å². The highest BCUT2D eigenvalue weighted by Gasteiger charge is 2.15. The molecule has 2 nitrogen and oxygen atoms in total. The van der Waals surface area contributed by atoms with Crippen molar-refractivity contribution in [1.82, 2.24) is 4.90 Å². The molecule has 1 aliphatic heterocycles. The monoisotopic (exact) mass is 195 g/mol. The number of hydrogen-bond acceptors (Lipinski definition) is 2. The maximum atomic E-state index is 5.45. The molecule has 0 bridgehead atoms. The first kappa shape index (κ1) is 11.6. The summed E-state index contributed by atoms with van der Waals surface area (Å²) < 4.78 is 5.45. The summed E-state index contributed by atoms with van der Waals surface area (Å²) in [5, 5.41) is 0. The normalized spacial score (nSPS) is 22.2. The third-order valence-electron chi connectivity index (χ3n) is 2.69. The molecule has 0 spiro atoms. The highest BCUT2D eigenvalue weighted by Crippen LogP contribution is 2.14. The zero-order valence-corrected chi connectivity index (χ0v) is 9.17. The van der Waals surface area contributed by atoms with Gasteiger partial charge in [-0.1, -0.05) is 0 Å². The van der Waals surface area contributed by atoms with Gasteiger partial charge in [-0.05, 0) is 38.8 Å². The van der Waals surface area contributed by atoms with E-state index >= 15 is 0 Å². The Morgan fingerprint density at radius 1 is 1.57 bits per heavy atom. The summed E-state index contributed by atoms with van der Waals surface area (Å²) in [5.41, 5.74) is 0. The van der Waals surface area contributed by atoms with Gasteiger partial charge in [-0.25, -0.2) is 0 Å². The van der Waals surface area contributed by atoms with Crippen molar-refractivity contribution < 1.29 is 4.74 Å². The highest BCUT2D eigenvalue weighted by molar-refractivity contribution is 4.83. The van der Waals surface area contributed by atoms with Crippen LogP contribution in [0.2, 0.25) is 0 Å². The fourth-order valence-corrected chi connectivity index (χ4v) is 1.93. The molecule has 0 aromatic heterocycles. The number of ether oxygens (including phenoxy) is 1. The number of rotatable bonds is 5. The molecule has 1 saturated heterocycles. The quantitative estimate of drug-likeness (QED) is 0.489. The van der Waals surface area contributed by atoms with Crippen LogP contribution in [0, 0.1) is 18.3 Å². The molecular formula is C12H21NO. The topological polar surface area (TPSA) is 12.5 Å². The van der Waals surface area contributed by atoms with Gasteiger partial charge in [0.15, 0.2) is 0 Å². The van der Waals surface area contributed by atoms with E-state index in [1.165, 1.54) is 12.8 Å². The molecule has 0 aliphatic carbocycles. The minimum atomic E-state index is 0.736. The van der Waals surface area contributed by atoms with Crippen LogP contribution in [0.25, 0.3) is 0 Å². The molecule has 1 aliphatic rings. The molecule has 0 saturated carbocycles. The first-order chi connectivity index (χ1) is 6.83. The molecule has 0 aromatic rings. The summed E-state index contributed by atoms with van der Waals surface area (Å²) in [6.45, 7) is 4.17. The summed E-state index contributed by atoms with van der Waals surface area (Å²) in [5.74, 6) is 3.41. The van der Waals surface area contributed by atoms with Gasteiger partial charge < -0.3 is 9.64 Å².